The Hall–Kier alpha value is -1.69. The van der Waals surface area contributed by atoms with E-state index in [1.165, 1.54) is 4.90 Å². The quantitative estimate of drug-likeness (QED) is 0.811. The normalized spacial score (nSPS) is 17.7. The van der Waals surface area contributed by atoms with E-state index in [-0.39, 0.29) is 17.4 Å². The van der Waals surface area contributed by atoms with Crippen LogP contribution < -0.4 is 5.73 Å². The number of anilines is 1. The van der Waals surface area contributed by atoms with Crippen LogP contribution >= 0.6 is 0 Å². The fourth-order valence-corrected chi connectivity index (χ4v) is 2.36. The Balaban J connectivity index is 2.02. The van der Waals surface area contributed by atoms with Gasteiger partial charge in [0, 0.05) is 13.6 Å². The Kier molecular flexibility index (Phi) is 3.47. The third-order valence-electron chi connectivity index (χ3n) is 3.32. The molecule has 2 rings (SSSR count). The average molecular weight is 250 g/mol. The smallest absolute Gasteiger partial charge is 0.274 e. The minimum atomic E-state index is -0.744. The zero-order valence-electron chi connectivity index (χ0n) is 10.5. The topological polar surface area (TPSA) is 92.3 Å². The first kappa shape index (κ1) is 12.8. The molecule has 0 spiro atoms. The summed E-state index contributed by atoms with van der Waals surface area (Å²) in [5, 5.41) is 17.6. The van der Waals surface area contributed by atoms with Crippen LogP contribution in [0.1, 0.15) is 36.2 Å². The van der Waals surface area contributed by atoms with Gasteiger partial charge in [-0.05, 0) is 25.0 Å². The van der Waals surface area contributed by atoms with Crippen LogP contribution in [0.5, 0.6) is 0 Å². The van der Waals surface area contributed by atoms with Gasteiger partial charge in [0.05, 0.1) is 5.60 Å². The standard InChI is InChI=1S/C12H18N4O2/c1-16(8-12(18)6-2-3-7-12)11(17)9-4-5-10(13)15-14-9/h4-5,18H,2-3,6-8H2,1H3,(H2,13,15). The number of carbonyl (C=O) groups is 1. The number of aliphatic hydroxyl groups is 1. The van der Waals surface area contributed by atoms with Crippen molar-refractivity contribution in [2.45, 2.75) is 31.3 Å². The molecule has 3 N–H and O–H groups in total. The number of nitrogen functional groups attached to an aromatic ring is 1. The zero-order chi connectivity index (χ0) is 13.2. The predicted molar refractivity (Wildman–Crippen MR) is 66.8 cm³/mol. The Morgan fingerprint density at radius 2 is 2.11 bits per heavy atom. The highest BCUT2D eigenvalue weighted by Crippen LogP contribution is 2.30. The Morgan fingerprint density at radius 1 is 1.44 bits per heavy atom. The van der Waals surface area contributed by atoms with Crippen molar-refractivity contribution in [2.75, 3.05) is 19.3 Å². The van der Waals surface area contributed by atoms with Gasteiger partial charge in [-0.1, -0.05) is 12.8 Å². The lowest BCUT2D eigenvalue weighted by molar-refractivity contribution is 0.0154. The molecule has 98 valence electrons. The van der Waals surface area contributed by atoms with Crippen LogP contribution in [0, 0.1) is 0 Å². The highest BCUT2D eigenvalue weighted by Gasteiger charge is 2.33. The molecule has 0 atom stereocenters. The lowest BCUT2D eigenvalue weighted by Gasteiger charge is -2.28. The van der Waals surface area contributed by atoms with Crippen LogP contribution in [-0.2, 0) is 0 Å². The molecule has 0 aromatic carbocycles. The molecule has 1 heterocycles. The summed E-state index contributed by atoms with van der Waals surface area (Å²) in [5.41, 5.74) is 4.92. The van der Waals surface area contributed by atoms with Crippen LogP contribution in [0.15, 0.2) is 12.1 Å². The molecule has 0 bridgehead atoms. The van der Waals surface area contributed by atoms with Gasteiger partial charge in [-0.25, -0.2) is 0 Å². The van der Waals surface area contributed by atoms with E-state index in [9.17, 15) is 9.90 Å². The number of amides is 1. The molecule has 0 radical (unpaired) electrons. The molecule has 1 saturated carbocycles. The number of nitrogens with two attached hydrogens (primary N) is 1. The average Bonchev–Trinajstić information content (AvgIpc) is 2.76. The van der Waals surface area contributed by atoms with E-state index in [2.05, 4.69) is 10.2 Å². The molecule has 0 aliphatic heterocycles. The summed E-state index contributed by atoms with van der Waals surface area (Å²) >= 11 is 0. The maximum Gasteiger partial charge on any atom is 0.274 e. The first-order chi connectivity index (χ1) is 8.50. The lowest BCUT2D eigenvalue weighted by Crippen LogP contribution is -2.42. The highest BCUT2D eigenvalue weighted by atomic mass is 16.3. The van der Waals surface area contributed by atoms with Crippen molar-refractivity contribution < 1.29 is 9.90 Å². The van der Waals surface area contributed by atoms with E-state index in [1.54, 1.807) is 19.2 Å². The van der Waals surface area contributed by atoms with Gasteiger partial charge in [-0.2, -0.15) is 0 Å². The van der Waals surface area contributed by atoms with Gasteiger partial charge >= 0.3 is 0 Å². The molecule has 18 heavy (non-hydrogen) atoms. The molecular formula is C12H18N4O2. The van der Waals surface area contributed by atoms with Gasteiger partial charge in [-0.15, -0.1) is 10.2 Å². The first-order valence-electron chi connectivity index (χ1n) is 6.07. The van der Waals surface area contributed by atoms with Gasteiger partial charge in [0.2, 0.25) is 0 Å². The van der Waals surface area contributed by atoms with Crippen LogP contribution in [0.2, 0.25) is 0 Å². The van der Waals surface area contributed by atoms with Crippen LogP contribution in [0.3, 0.4) is 0 Å². The first-order valence-corrected chi connectivity index (χ1v) is 6.07. The Morgan fingerprint density at radius 3 is 2.67 bits per heavy atom. The number of nitrogens with zero attached hydrogens (tertiary/aromatic N) is 3. The molecule has 1 aromatic rings. The lowest BCUT2D eigenvalue weighted by atomic mass is 10.0. The largest absolute Gasteiger partial charge is 0.388 e. The van der Waals surface area contributed by atoms with E-state index in [4.69, 9.17) is 5.73 Å². The minimum Gasteiger partial charge on any atom is -0.388 e. The molecule has 0 saturated heterocycles. The molecule has 1 fully saturated rings. The van der Waals surface area contributed by atoms with E-state index in [0.717, 1.165) is 25.7 Å². The summed E-state index contributed by atoms with van der Waals surface area (Å²) in [6.07, 6.45) is 3.52. The van der Waals surface area contributed by atoms with Crippen molar-refractivity contribution in [3.05, 3.63) is 17.8 Å². The minimum absolute atomic E-state index is 0.244. The molecule has 1 amide bonds. The van der Waals surface area contributed by atoms with Crippen molar-refractivity contribution in [3.8, 4) is 0 Å². The van der Waals surface area contributed by atoms with Gasteiger partial charge in [0.15, 0.2) is 5.69 Å². The summed E-state index contributed by atoms with van der Waals surface area (Å²) in [4.78, 5) is 13.5. The molecule has 0 unspecified atom stereocenters. The molecule has 1 aliphatic carbocycles. The van der Waals surface area contributed by atoms with Gasteiger partial charge in [0.25, 0.3) is 5.91 Å². The summed E-state index contributed by atoms with van der Waals surface area (Å²) in [5.74, 6) is 0.0337. The van der Waals surface area contributed by atoms with Crippen LogP contribution in [-0.4, -0.2) is 45.3 Å². The second-order valence-electron chi connectivity index (χ2n) is 4.94. The van der Waals surface area contributed by atoms with E-state index < -0.39 is 5.60 Å². The van der Waals surface area contributed by atoms with Gasteiger partial charge < -0.3 is 15.7 Å². The third-order valence-corrected chi connectivity index (χ3v) is 3.32. The Labute approximate surface area is 106 Å². The molecule has 1 aliphatic rings. The maximum atomic E-state index is 12.1. The summed E-state index contributed by atoms with van der Waals surface area (Å²) < 4.78 is 0. The van der Waals surface area contributed by atoms with Crippen LogP contribution in [0.25, 0.3) is 0 Å². The second-order valence-corrected chi connectivity index (χ2v) is 4.94. The van der Waals surface area contributed by atoms with E-state index in [0.29, 0.717) is 6.54 Å². The number of likely N-dealkylation sites (N-methyl/N-ethyl adjacent to an activating group) is 1. The SMILES string of the molecule is CN(CC1(O)CCCC1)C(=O)c1ccc(N)nn1. The number of aromatic nitrogens is 2. The summed E-state index contributed by atoms with van der Waals surface area (Å²) in [6, 6.07) is 3.08. The molecule has 1 aromatic heterocycles. The Bertz CT molecular complexity index is 426. The number of carbonyl (C=O) groups excluding carboxylic acids is 1. The number of hydrogen-bond acceptors (Lipinski definition) is 5. The van der Waals surface area contributed by atoms with Crippen molar-refractivity contribution >= 4 is 11.7 Å². The summed E-state index contributed by atoms with van der Waals surface area (Å²) in [6.45, 7) is 0.331. The van der Waals surface area contributed by atoms with Crippen molar-refractivity contribution in [2.24, 2.45) is 0 Å². The third kappa shape index (κ3) is 2.76. The summed E-state index contributed by atoms with van der Waals surface area (Å²) in [7, 11) is 1.66. The van der Waals surface area contributed by atoms with Crippen molar-refractivity contribution in [1.82, 2.24) is 15.1 Å². The second kappa shape index (κ2) is 4.89. The highest BCUT2D eigenvalue weighted by molar-refractivity contribution is 5.92. The molecular weight excluding hydrogens is 232 g/mol. The van der Waals surface area contributed by atoms with Crippen molar-refractivity contribution in [3.63, 3.8) is 0 Å². The molecule has 6 heteroatoms. The zero-order valence-corrected chi connectivity index (χ0v) is 10.5. The predicted octanol–water partition coefficient (Wildman–Crippen LogP) is 0.436. The number of rotatable bonds is 3. The maximum absolute atomic E-state index is 12.1. The monoisotopic (exact) mass is 250 g/mol. The van der Waals surface area contributed by atoms with Gasteiger partial charge in [-0.3, -0.25) is 4.79 Å². The van der Waals surface area contributed by atoms with Gasteiger partial charge in [0.1, 0.15) is 5.82 Å². The van der Waals surface area contributed by atoms with E-state index >= 15 is 0 Å². The molecule has 6 nitrogen and oxygen atoms in total. The van der Waals surface area contributed by atoms with E-state index in [1.807, 2.05) is 0 Å². The fourth-order valence-electron chi connectivity index (χ4n) is 2.36. The van der Waals surface area contributed by atoms with Crippen molar-refractivity contribution in [1.29, 1.82) is 0 Å². The van der Waals surface area contributed by atoms with Crippen LogP contribution in [0.4, 0.5) is 5.82 Å². The fraction of sp³-hybridized carbons (Fsp3) is 0.583. The number of hydrogen-bond donors (Lipinski definition) is 2.